The predicted octanol–water partition coefficient (Wildman–Crippen LogP) is 4.62. The van der Waals surface area contributed by atoms with Gasteiger partial charge in [0.1, 0.15) is 11.9 Å². The van der Waals surface area contributed by atoms with E-state index in [0.717, 1.165) is 32.1 Å². The van der Waals surface area contributed by atoms with Gasteiger partial charge in [0.2, 0.25) is 0 Å². The van der Waals surface area contributed by atoms with Crippen LogP contribution in [0.1, 0.15) is 43.8 Å². The molecule has 0 radical (unpaired) electrons. The summed E-state index contributed by atoms with van der Waals surface area (Å²) in [7, 11) is 1.58. The van der Waals surface area contributed by atoms with Crippen molar-refractivity contribution in [1.82, 2.24) is 0 Å². The van der Waals surface area contributed by atoms with Crippen LogP contribution < -0.4 is 0 Å². The molecule has 0 spiro atoms. The monoisotopic (exact) mass is 350 g/mol. The Morgan fingerprint density at radius 3 is 2.58 bits per heavy atom. The van der Waals surface area contributed by atoms with Gasteiger partial charge in [-0.2, -0.15) is 0 Å². The van der Waals surface area contributed by atoms with Crippen molar-refractivity contribution in [3.05, 3.63) is 33.0 Å². The summed E-state index contributed by atoms with van der Waals surface area (Å²) < 4.78 is 20.2. The van der Waals surface area contributed by atoms with E-state index in [1.54, 1.807) is 19.2 Å². The fourth-order valence-corrected chi connectivity index (χ4v) is 3.25. The lowest BCUT2D eigenvalue weighted by atomic mass is 9.78. The van der Waals surface area contributed by atoms with Crippen molar-refractivity contribution in [1.29, 1.82) is 0 Å². The predicted molar refractivity (Wildman–Crippen MR) is 76.9 cm³/mol. The zero-order valence-corrected chi connectivity index (χ0v) is 13.1. The van der Waals surface area contributed by atoms with Crippen LogP contribution in [0, 0.1) is 5.82 Å². The molecule has 5 heteroatoms. The minimum Gasteiger partial charge on any atom is -0.385 e. The van der Waals surface area contributed by atoms with Crippen molar-refractivity contribution in [2.45, 2.75) is 43.8 Å². The zero-order chi connectivity index (χ0) is 14.0. The maximum atomic E-state index is 14.2. The highest BCUT2D eigenvalue weighted by Gasteiger charge is 2.41. The Morgan fingerprint density at radius 1 is 1.37 bits per heavy atom. The maximum Gasteiger partial charge on any atom is 0.148 e. The molecule has 1 unspecified atom stereocenters. The van der Waals surface area contributed by atoms with E-state index in [4.69, 9.17) is 16.3 Å². The summed E-state index contributed by atoms with van der Waals surface area (Å²) in [6.45, 7) is 0. The summed E-state index contributed by atoms with van der Waals surface area (Å²) in [6, 6.07) is 3.21. The van der Waals surface area contributed by atoms with Gasteiger partial charge in [-0.15, -0.1) is 0 Å². The van der Waals surface area contributed by atoms with Crippen molar-refractivity contribution in [2.24, 2.45) is 0 Å². The third-order valence-corrected chi connectivity index (χ3v) is 5.22. The Morgan fingerprint density at radius 2 is 2.00 bits per heavy atom. The summed E-state index contributed by atoms with van der Waals surface area (Å²) in [5.74, 6) is -0.578. The first-order valence-corrected chi connectivity index (χ1v) is 7.55. The quantitative estimate of drug-likeness (QED) is 0.805. The van der Waals surface area contributed by atoms with Gasteiger partial charge in [-0.25, -0.2) is 4.39 Å². The third kappa shape index (κ3) is 2.82. The van der Waals surface area contributed by atoms with Gasteiger partial charge in [0.15, 0.2) is 0 Å². The molecule has 0 aromatic heterocycles. The van der Waals surface area contributed by atoms with Crippen LogP contribution >= 0.6 is 27.5 Å². The smallest absolute Gasteiger partial charge is 0.148 e. The molecule has 2 nitrogen and oxygen atoms in total. The molecule has 1 saturated carbocycles. The molecule has 0 heterocycles. The van der Waals surface area contributed by atoms with Gasteiger partial charge >= 0.3 is 0 Å². The van der Waals surface area contributed by atoms with E-state index in [1.807, 2.05) is 0 Å². The van der Waals surface area contributed by atoms with Crippen molar-refractivity contribution in [2.75, 3.05) is 7.11 Å². The van der Waals surface area contributed by atoms with Gasteiger partial charge in [-0.05, 0) is 34.8 Å². The number of halogens is 3. The number of benzene rings is 1. The Kier molecular flexibility index (Phi) is 4.88. The third-order valence-electron chi connectivity index (χ3n) is 3.96. The fraction of sp³-hybridized carbons (Fsp3) is 0.571. The molecule has 106 valence electrons. The second-order valence-electron chi connectivity index (χ2n) is 5.00. The van der Waals surface area contributed by atoms with E-state index in [-0.39, 0.29) is 10.6 Å². The molecular formula is C14H17BrClFO2. The number of rotatable bonds is 3. The van der Waals surface area contributed by atoms with Gasteiger partial charge in [0, 0.05) is 17.1 Å². The van der Waals surface area contributed by atoms with E-state index in [2.05, 4.69) is 15.9 Å². The largest absolute Gasteiger partial charge is 0.385 e. The molecule has 2 rings (SSSR count). The summed E-state index contributed by atoms with van der Waals surface area (Å²) in [5, 5.41) is 10.6. The molecule has 1 N–H and O–H groups in total. The first-order valence-electron chi connectivity index (χ1n) is 6.38. The zero-order valence-electron chi connectivity index (χ0n) is 10.8. The highest BCUT2D eigenvalue weighted by molar-refractivity contribution is 9.10. The highest BCUT2D eigenvalue weighted by atomic mass is 79.9. The molecule has 1 aromatic rings. The Labute approximate surface area is 126 Å². The molecule has 19 heavy (non-hydrogen) atoms. The minimum atomic E-state index is -0.997. The van der Waals surface area contributed by atoms with Crippen LogP contribution in [0.25, 0.3) is 0 Å². The number of methoxy groups -OCH3 is 1. The summed E-state index contributed by atoms with van der Waals surface area (Å²) in [5.41, 5.74) is -0.493. The normalized spacial score (nSPS) is 20.3. The average Bonchev–Trinajstić information content (AvgIpc) is 2.45. The molecule has 1 aliphatic carbocycles. The van der Waals surface area contributed by atoms with Gasteiger partial charge < -0.3 is 9.84 Å². The Balaban J connectivity index is 2.37. The van der Waals surface area contributed by atoms with E-state index in [1.165, 1.54) is 0 Å². The molecule has 0 saturated heterocycles. The van der Waals surface area contributed by atoms with Gasteiger partial charge in [-0.3, -0.25) is 0 Å². The van der Waals surface area contributed by atoms with E-state index >= 15 is 0 Å². The number of ether oxygens (including phenoxy) is 1. The molecule has 1 aliphatic rings. The summed E-state index contributed by atoms with van der Waals surface area (Å²) in [4.78, 5) is 0. The highest BCUT2D eigenvalue weighted by Crippen LogP contribution is 2.43. The first kappa shape index (κ1) is 15.2. The fourth-order valence-electron chi connectivity index (χ4n) is 2.77. The van der Waals surface area contributed by atoms with E-state index in [9.17, 15) is 9.50 Å². The second-order valence-corrected chi connectivity index (χ2v) is 6.23. The molecular weight excluding hydrogens is 335 g/mol. The van der Waals surface area contributed by atoms with Crippen LogP contribution in [0.3, 0.4) is 0 Å². The van der Waals surface area contributed by atoms with Crippen molar-refractivity contribution in [3.8, 4) is 0 Å². The second kappa shape index (κ2) is 6.08. The number of aliphatic hydroxyl groups excluding tert-OH is 1. The van der Waals surface area contributed by atoms with E-state index in [0.29, 0.717) is 4.47 Å². The van der Waals surface area contributed by atoms with Crippen LogP contribution in [0.15, 0.2) is 16.6 Å². The number of hydrogen-bond donors (Lipinski definition) is 1. The van der Waals surface area contributed by atoms with Crippen LogP contribution in [-0.4, -0.2) is 17.8 Å². The molecule has 1 atom stereocenters. The molecule has 0 amide bonds. The van der Waals surface area contributed by atoms with Crippen molar-refractivity contribution >= 4 is 27.5 Å². The average molecular weight is 352 g/mol. The topological polar surface area (TPSA) is 29.5 Å². The Bertz CT molecular complexity index is 461. The van der Waals surface area contributed by atoms with E-state index < -0.39 is 17.5 Å². The van der Waals surface area contributed by atoms with Crippen molar-refractivity contribution < 1.29 is 14.2 Å². The molecule has 1 fully saturated rings. The Hall–Kier alpha value is -0.160. The summed E-state index contributed by atoms with van der Waals surface area (Å²) >= 11 is 9.05. The van der Waals surface area contributed by atoms with Crippen LogP contribution in [-0.2, 0) is 4.74 Å². The van der Waals surface area contributed by atoms with Gasteiger partial charge in [0.25, 0.3) is 0 Å². The number of aliphatic hydroxyl groups is 1. The van der Waals surface area contributed by atoms with Crippen molar-refractivity contribution in [3.63, 3.8) is 0 Å². The maximum absolute atomic E-state index is 14.2. The standard InChI is InChI=1S/C14H17BrClFO2/c1-19-14(7-3-2-4-8-14)13(18)9-5-6-10(15)11(16)12(9)17/h5-6,13,18H,2-4,7-8H2,1H3. The summed E-state index contributed by atoms with van der Waals surface area (Å²) in [6.07, 6.45) is 3.56. The van der Waals surface area contributed by atoms with Crippen LogP contribution in [0.5, 0.6) is 0 Å². The lowest BCUT2D eigenvalue weighted by molar-refractivity contribution is -0.126. The minimum absolute atomic E-state index is 0.00128. The SMILES string of the molecule is COC1(C(O)c2ccc(Br)c(Cl)c2F)CCCCC1. The van der Waals surface area contributed by atoms with Crippen LogP contribution in [0.4, 0.5) is 4.39 Å². The lowest BCUT2D eigenvalue weighted by Gasteiger charge is -2.40. The molecule has 0 bridgehead atoms. The number of hydrogen-bond acceptors (Lipinski definition) is 2. The molecule has 0 aliphatic heterocycles. The van der Waals surface area contributed by atoms with Crippen LogP contribution in [0.2, 0.25) is 5.02 Å². The van der Waals surface area contributed by atoms with Gasteiger partial charge in [0.05, 0.1) is 10.6 Å². The first-order chi connectivity index (χ1) is 9.02. The van der Waals surface area contributed by atoms with Gasteiger partial charge in [-0.1, -0.05) is 36.9 Å². The molecule has 1 aromatic carbocycles. The lowest BCUT2D eigenvalue weighted by Crippen LogP contribution is -2.40.